The Bertz CT molecular complexity index is 830. The summed E-state index contributed by atoms with van der Waals surface area (Å²) in [6.07, 6.45) is 1.83. The van der Waals surface area contributed by atoms with Gasteiger partial charge in [0.15, 0.2) is 5.96 Å². The Hall–Kier alpha value is -2.22. The number of halogens is 1. The number of benzene rings is 1. The largest absolute Gasteiger partial charge is 0.353 e. The van der Waals surface area contributed by atoms with Crippen molar-refractivity contribution in [2.45, 2.75) is 38.6 Å². The molecule has 2 aromatic rings. The number of hydrogen-bond acceptors (Lipinski definition) is 5. The molecule has 28 heavy (non-hydrogen) atoms. The lowest BCUT2D eigenvalue weighted by Crippen LogP contribution is -2.53. The number of aliphatic imine (C=N–C) groups is 1. The Labute approximate surface area is 169 Å². The maximum absolute atomic E-state index is 14.0. The molecule has 2 aliphatic rings. The topological polar surface area (TPSA) is 56.7 Å². The molecular weight excluding hydrogens is 375 g/mol. The summed E-state index contributed by atoms with van der Waals surface area (Å²) < 4.78 is 18.4. The van der Waals surface area contributed by atoms with E-state index in [0.29, 0.717) is 0 Å². The van der Waals surface area contributed by atoms with Crippen LogP contribution in [0.25, 0.3) is 0 Å². The summed E-state index contributed by atoms with van der Waals surface area (Å²) in [4.78, 5) is 13.9. The molecule has 1 N–H and O–H groups in total. The van der Waals surface area contributed by atoms with Crippen LogP contribution in [0.4, 0.5) is 9.52 Å². The molecule has 2 atom stereocenters. The van der Waals surface area contributed by atoms with Crippen LogP contribution >= 0.6 is 11.5 Å². The van der Waals surface area contributed by atoms with E-state index >= 15 is 0 Å². The fourth-order valence-corrected chi connectivity index (χ4v) is 4.45. The summed E-state index contributed by atoms with van der Waals surface area (Å²) in [7, 11) is 0. The molecule has 0 amide bonds. The number of rotatable bonds is 5. The minimum atomic E-state index is -0.108. The van der Waals surface area contributed by atoms with Crippen LogP contribution in [0.2, 0.25) is 0 Å². The van der Waals surface area contributed by atoms with Gasteiger partial charge in [0.1, 0.15) is 11.6 Å². The molecule has 2 heterocycles. The van der Waals surface area contributed by atoms with E-state index < -0.39 is 0 Å². The molecule has 2 unspecified atom stereocenters. The second-order valence-corrected chi connectivity index (χ2v) is 7.96. The molecule has 1 aliphatic heterocycles. The molecule has 8 heteroatoms. The number of nitrogens with zero attached hydrogens (tertiary/aromatic N) is 5. The van der Waals surface area contributed by atoms with E-state index in [1.807, 2.05) is 19.1 Å². The lowest BCUT2D eigenvalue weighted by molar-refractivity contribution is 0.371. The fourth-order valence-electron chi connectivity index (χ4n) is 3.65. The van der Waals surface area contributed by atoms with Gasteiger partial charge in [-0.2, -0.15) is 4.37 Å². The highest BCUT2D eigenvalue weighted by Gasteiger charge is 2.41. The van der Waals surface area contributed by atoms with Gasteiger partial charge in [0.25, 0.3) is 0 Å². The van der Waals surface area contributed by atoms with Crippen molar-refractivity contribution in [3.05, 3.63) is 41.5 Å². The number of piperazine rings is 1. The normalized spacial score (nSPS) is 22.5. The average Bonchev–Trinajstić information content (AvgIpc) is 3.31. The van der Waals surface area contributed by atoms with Gasteiger partial charge in [-0.05, 0) is 25.0 Å². The SMILES string of the molecule is CCN=C(NC1CC1c1ccccc1F)N1CCN(c2nc(CC)ns2)CC1. The second kappa shape index (κ2) is 8.43. The van der Waals surface area contributed by atoms with Crippen molar-refractivity contribution in [2.24, 2.45) is 4.99 Å². The average molecular weight is 403 g/mol. The van der Waals surface area contributed by atoms with Crippen LogP contribution in [-0.2, 0) is 6.42 Å². The molecule has 0 spiro atoms. The van der Waals surface area contributed by atoms with Crippen molar-refractivity contribution < 1.29 is 4.39 Å². The Morgan fingerprint density at radius 3 is 2.71 bits per heavy atom. The van der Waals surface area contributed by atoms with Crippen LogP contribution < -0.4 is 10.2 Å². The first-order chi connectivity index (χ1) is 13.7. The first-order valence-corrected chi connectivity index (χ1v) is 10.8. The van der Waals surface area contributed by atoms with Crippen molar-refractivity contribution in [1.29, 1.82) is 0 Å². The van der Waals surface area contributed by atoms with E-state index in [1.165, 1.54) is 11.5 Å². The third kappa shape index (κ3) is 4.11. The summed E-state index contributed by atoms with van der Waals surface area (Å²) >= 11 is 1.49. The minimum Gasteiger partial charge on any atom is -0.353 e. The first kappa shape index (κ1) is 19.1. The van der Waals surface area contributed by atoms with Gasteiger partial charge in [0, 0.05) is 62.6 Å². The van der Waals surface area contributed by atoms with E-state index in [4.69, 9.17) is 0 Å². The van der Waals surface area contributed by atoms with Crippen LogP contribution in [0, 0.1) is 5.82 Å². The third-order valence-electron chi connectivity index (χ3n) is 5.34. The van der Waals surface area contributed by atoms with E-state index in [0.717, 1.165) is 68.0 Å². The summed E-state index contributed by atoms with van der Waals surface area (Å²) in [6, 6.07) is 7.35. The Morgan fingerprint density at radius 2 is 2.04 bits per heavy atom. The predicted molar refractivity (Wildman–Crippen MR) is 112 cm³/mol. The lowest BCUT2D eigenvalue weighted by atomic mass is 10.1. The van der Waals surface area contributed by atoms with Gasteiger partial charge in [-0.1, -0.05) is 25.1 Å². The number of guanidine groups is 1. The van der Waals surface area contributed by atoms with Crippen LogP contribution in [0.5, 0.6) is 0 Å². The van der Waals surface area contributed by atoms with Gasteiger partial charge in [-0.15, -0.1) is 0 Å². The zero-order valence-corrected chi connectivity index (χ0v) is 17.3. The third-order valence-corrected chi connectivity index (χ3v) is 6.16. The second-order valence-electron chi connectivity index (χ2n) is 7.23. The summed E-state index contributed by atoms with van der Waals surface area (Å²) in [5.41, 5.74) is 0.809. The molecule has 6 nitrogen and oxygen atoms in total. The van der Waals surface area contributed by atoms with Crippen molar-refractivity contribution >= 4 is 22.6 Å². The zero-order valence-electron chi connectivity index (χ0n) is 16.4. The van der Waals surface area contributed by atoms with Gasteiger partial charge in [0.2, 0.25) is 5.13 Å². The number of nitrogens with one attached hydrogen (secondary N) is 1. The number of anilines is 1. The molecule has 150 valence electrons. The summed E-state index contributed by atoms with van der Waals surface area (Å²) in [6.45, 7) is 8.46. The highest BCUT2D eigenvalue weighted by molar-refractivity contribution is 7.09. The monoisotopic (exact) mass is 402 g/mol. The van der Waals surface area contributed by atoms with Crippen molar-refractivity contribution in [3.8, 4) is 0 Å². The lowest BCUT2D eigenvalue weighted by Gasteiger charge is -2.36. The Kier molecular flexibility index (Phi) is 5.75. The zero-order chi connectivity index (χ0) is 19.5. The fraction of sp³-hybridized carbons (Fsp3) is 0.550. The first-order valence-electron chi connectivity index (χ1n) is 10.1. The highest BCUT2D eigenvalue weighted by Crippen LogP contribution is 2.41. The highest BCUT2D eigenvalue weighted by atomic mass is 32.1. The van der Waals surface area contributed by atoms with Crippen molar-refractivity contribution in [1.82, 2.24) is 19.6 Å². The van der Waals surface area contributed by atoms with Gasteiger partial charge >= 0.3 is 0 Å². The number of aromatic nitrogens is 2. The van der Waals surface area contributed by atoms with Crippen LogP contribution in [0.3, 0.4) is 0 Å². The molecule has 1 aromatic heterocycles. The molecule has 1 aliphatic carbocycles. The standard InChI is InChI=1S/C20H27FN6S/c1-3-18-24-20(28-25-18)27-11-9-26(10-12-27)19(22-4-2)23-17-13-15(17)14-7-5-6-8-16(14)21/h5-8,15,17H,3-4,9-13H2,1-2H3,(H,22,23). The quantitative estimate of drug-likeness (QED) is 0.616. The maximum Gasteiger partial charge on any atom is 0.205 e. The van der Waals surface area contributed by atoms with Gasteiger partial charge in [-0.25, -0.2) is 9.37 Å². The molecule has 1 saturated heterocycles. The Balaban J connectivity index is 1.35. The molecule has 1 aromatic carbocycles. The van der Waals surface area contributed by atoms with E-state index in [2.05, 4.69) is 36.4 Å². The summed E-state index contributed by atoms with van der Waals surface area (Å²) in [5.74, 6) is 1.99. The number of hydrogen-bond donors (Lipinski definition) is 1. The molecule has 2 fully saturated rings. The van der Waals surface area contributed by atoms with Crippen molar-refractivity contribution in [2.75, 3.05) is 37.6 Å². The van der Waals surface area contributed by atoms with E-state index in [-0.39, 0.29) is 17.8 Å². The Morgan fingerprint density at radius 1 is 1.25 bits per heavy atom. The van der Waals surface area contributed by atoms with E-state index in [1.54, 1.807) is 12.1 Å². The smallest absolute Gasteiger partial charge is 0.205 e. The molecule has 1 saturated carbocycles. The van der Waals surface area contributed by atoms with Crippen LogP contribution in [-0.4, -0.2) is 59.0 Å². The molecule has 0 bridgehead atoms. The minimum absolute atomic E-state index is 0.108. The van der Waals surface area contributed by atoms with Gasteiger partial charge in [-0.3, -0.25) is 4.99 Å². The predicted octanol–water partition coefficient (Wildman–Crippen LogP) is 2.88. The van der Waals surface area contributed by atoms with Gasteiger partial charge in [0.05, 0.1) is 0 Å². The molecule has 4 rings (SSSR count). The molecule has 0 radical (unpaired) electrons. The van der Waals surface area contributed by atoms with Crippen LogP contribution in [0.1, 0.15) is 37.6 Å². The van der Waals surface area contributed by atoms with Crippen LogP contribution in [0.15, 0.2) is 29.3 Å². The van der Waals surface area contributed by atoms with Gasteiger partial charge < -0.3 is 15.1 Å². The maximum atomic E-state index is 14.0. The summed E-state index contributed by atoms with van der Waals surface area (Å²) in [5, 5.41) is 4.58. The van der Waals surface area contributed by atoms with Crippen molar-refractivity contribution in [3.63, 3.8) is 0 Å². The molecular formula is C20H27FN6S. The van der Waals surface area contributed by atoms with E-state index in [9.17, 15) is 4.39 Å². The number of aryl methyl sites for hydroxylation is 1.